The van der Waals surface area contributed by atoms with Gasteiger partial charge < -0.3 is 20.1 Å². The molecular weight excluding hydrogens is 894 g/mol. The molecule has 0 aliphatic rings. The van der Waals surface area contributed by atoms with Crippen LogP contribution < -0.4 is 5.73 Å². The van der Waals surface area contributed by atoms with Crippen molar-refractivity contribution in [2.45, 2.75) is 309 Å². The van der Waals surface area contributed by atoms with Crippen molar-refractivity contribution in [2.24, 2.45) is 5.73 Å². The third-order valence-corrected chi connectivity index (χ3v) is 14.2. The Kier molecular flexibility index (Phi) is 55.1. The van der Waals surface area contributed by atoms with Gasteiger partial charge in [0.15, 0.2) is 6.10 Å². The van der Waals surface area contributed by atoms with Gasteiger partial charge in [0.25, 0.3) is 0 Å². The standard InChI is InChI=1S/C60H114NO8P/c1-3-5-7-9-11-13-15-17-19-21-23-24-25-26-27-28-29-30-31-32-33-34-35-37-38-40-42-44-46-48-50-52-59(62)66-56-58(57-68-70(64,65)67-55-54-61)69-60(63)53-51-49-47-45-43-41-39-36-22-20-18-16-14-12-10-8-6-4-2/h14,16,20-23,58H,3-13,15,17-19,24-57,61H2,1-2H3,(H,64,65)/b16-14-,22-20-,23-21-. The van der Waals surface area contributed by atoms with E-state index in [1.54, 1.807) is 0 Å². The van der Waals surface area contributed by atoms with Crippen molar-refractivity contribution >= 4 is 19.8 Å². The molecule has 10 heteroatoms. The maximum atomic E-state index is 12.7. The topological polar surface area (TPSA) is 134 Å². The molecule has 0 aliphatic heterocycles. The van der Waals surface area contributed by atoms with Gasteiger partial charge in [-0.1, -0.05) is 256 Å². The molecule has 0 saturated heterocycles. The van der Waals surface area contributed by atoms with Crippen molar-refractivity contribution in [3.63, 3.8) is 0 Å². The van der Waals surface area contributed by atoms with E-state index in [4.69, 9.17) is 24.3 Å². The van der Waals surface area contributed by atoms with Gasteiger partial charge in [0, 0.05) is 19.4 Å². The highest BCUT2D eigenvalue weighted by Crippen LogP contribution is 2.43. The molecule has 0 saturated carbocycles. The second kappa shape index (κ2) is 56.5. The fourth-order valence-electron chi connectivity index (χ4n) is 8.78. The van der Waals surface area contributed by atoms with E-state index in [0.717, 1.165) is 51.4 Å². The quantitative estimate of drug-likeness (QED) is 0.0264. The molecule has 0 bridgehead atoms. The Morgan fingerprint density at radius 3 is 1.11 bits per heavy atom. The molecule has 2 unspecified atom stereocenters. The van der Waals surface area contributed by atoms with Gasteiger partial charge in [0.05, 0.1) is 13.2 Å². The molecule has 9 nitrogen and oxygen atoms in total. The van der Waals surface area contributed by atoms with Gasteiger partial charge in [-0.05, 0) is 70.6 Å². The van der Waals surface area contributed by atoms with E-state index in [1.807, 2.05) is 0 Å². The number of nitrogens with two attached hydrogens (primary N) is 1. The second-order valence-corrected chi connectivity index (χ2v) is 21.7. The summed E-state index contributed by atoms with van der Waals surface area (Å²) in [7, 11) is -4.39. The van der Waals surface area contributed by atoms with Crippen LogP contribution in [0.5, 0.6) is 0 Å². The fourth-order valence-corrected chi connectivity index (χ4v) is 9.55. The minimum Gasteiger partial charge on any atom is -0.462 e. The lowest BCUT2D eigenvalue weighted by Gasteiger charge is -2.19. The average Bonchev–Trinajstić information content (AvgIpc) is 3.35. The fraction of sp³-hybridized carbons (Fsp3) is 0.867. The second-order valence-electron chi connectivity index (χ2n) is 20.2. The molecular formula is C60H114NO8P. The van der Waals surface area contributed by atoms with E-state index in [-0.39, 0.29) is 38.6 Å². The van der Waals surface area contributed by atoms with Gasteiger partial charge in [0.1, 0.15) is 6.61 Å². The van der Waals surface area contributed by atoms with Gasteiger partial charge >= 0.3 is 19.8 Å². The van der Waals surface area contributed by atoms with E-state index in [1.165, 1.54) is 218 Å². The van der Waals surface area contributed by atoms with Gasteiger partial charge in [-0.25, -0.2) is 4.57 Å². The highest BCUT2D eigenvalue weighted by Gasteiger charge is 2.26. The highest BCUT2D eigenvalue weighted by molar-refractivity contribution is 7.47. The van der Waals surface area contributed by atoms with Gasteiger partial charge in [-0.2, -0.15) is 0 Å². The van der Waals surface area contributed by atoms with Crippen LogP contribution in [0.15, 0.2) is 36.5 Å². The summed E-state index contributed by atoms with van der Waals surface area (Å²) in [4.78, 5) is 35.2. The zero-order valence-electron chi connectivity index (χ0n) is 46.0. The van der Waals surface area contributed by atoms with Crippen molar-refractivity contribution in [3.05, 3.63) is 36.5 Å². The van der Waals surface area contributed by atoms with Crippen LogP contribution in [0.4, 0.5) is 0 Å². The molecule has 3 N–H and O–H groups in total. The van der Waals surface area contributed by atoms with Crippen LogP contribution in [0.1, 0.15) is 303 Å². The summed E-state index contributed by atoms with van der Waals surface area (Å²) in [5, 5.41) is 0. The van der Waals surface area contributed by atoms with Crippen molar-refractivity contribution in [1.82, 2.24) is 0 Å². The van der Waals surface area contributed by atoms with E-state index >= 15 is 0 Å². The van der Waals surface area contributed by atoms with Crippen LogP contribution in [-0.4, -0.2) is 49.3 Å². The number of ether oxygens (including phenoxy) is 2. The van der Waals surface area contributed by atoms with E-state index in [2.05, 4.69) is 50.3 Å². The Balaban J connectivity index is 3.87. The summed E-state index contributed by atoms with van der Waals surface area (Å²) < 4.78 is 33.0. The minimum absolute atomic E-state index is 0.0530. The summed E-state index contributed by atoms with van der Waals surface area (Å²) in [5.41, 5.74) is 5.38. The molecule has 0 aromatic rings. The molecule has 0 fully saturated rings. The minimum atomic E-state index is -4.39. The average molecular weight is 1010 g/mol. The summed E-state index contributed by atoms with van der Waals surface area (Å²) in [6.45, 7) is 3.76. The molecule has 0 heterocycles. The Bertz CT molecular complexity index is 1240. The van der Waals surface area contributed by atoms with E-state index < -0.39 is 26.5 Å². The normalized spacial score (nSPS) is 13.3. The lowest BCUT2D eigenvalue weighted by molar-refractivity contribution is -0.161. The predicted octanol–water partition coefficient (Wildman–Crippen LogP) is 18.8. The smallest absolute Gasteiger partial charge is 0.462 e. The van der Waals surface area contributed by atoms with Crippen LogP contribution >= 0.6 is 7.82 Å². The zero-order valence-corrected chi connectivity index (χ0v) is 46.9. The molecule has 0 aromatic heterocycles. The van der Waals surface area contributed by atoms with E-state index in [9.17, 15) is 19.0 Å². The number of phosphoric ester groups is 1. The number of carbonyl (C=O) groups excluding carboxylic acids is 2. The molecule has 412 valence electrons. The van der Waals surface area contributed by atoms with E-state index in [0.29, 0.717) is 6.42 Å². The molecule has 0 aliphatic carbocycles. The number of allylic oxidation sites excluding steroid dienone is 6. The predicted molar refractivity (Wildman–Crippen MR) is 298 cm³/mol. The first-order valence-electron chi connectivity index (χ1n) is 30.0. The van der Waals surface area contributed by atoms with Gasteiger partial charge in [0.2, 0.25) is 0 Å². The van der Waals surface area contributed by atoms with Gasteiger partial charge in [-0.3, -0.25) is 18.6 Å². The summed E-state index contributed by atoms with van der Waals surface area (Å²) in [5.74, 6) is -0.823. The summed E-state index contributed by atoms with van der Waals surface area (Å²) >= 11 is 0. The van der Waals surface area contributed by atoms with Crippen LogP contribution in [0.3, 0.4) is 0 Å². The Hall–Kier alpha value is -1.77. The van der Waals surface area contributed by atoms with Crippen molar-refractivity contribution < 1.29 is 37.6 Å². The zero-order chi connectivity index (χ0) is 51.0. The summed E-state index contributed by atoms with van der Waals surface area (Å²) in [6.07, 6.45) is 67.9. The number of hydrogen-bond donors (Lipinski definition) is 2. The maximum absolute atomic E-state index is 12.7. The molecule has 0 rings (SSSR count). The van der Waals surface area contributed by atoms with Crippen LogP contribution in [0.25, 0.3) is 0 Å². The number of esters is 2. The first-order valence-corrected chi connectivity index (χ1v) is 31.5. The lowest BCUT2D eigenvalue weighted by Crippen LogP contribution is -2.29. The molecule has 0 amide bonds. The Morgan fingerprint density at radius 2 is 0.743 bits per heavy atom. The maximum Gasteiger partial charge on any atom is 0.472 e. The van der Waals surface area contributed by atoms with Crippen LogP contribution in [0, 0.1) is 0 Å². The van der Waals surface area contributed by atoms with Crippen molar-refractivity contribution in [3.8, 4) is 0 Å². The number of phosphoric acid groups is 1. The van der Waals surface area contributed by atoms with Crippen molar-refractivity contribution in [1.29, 1.82) is 0 Å². The summed E-state index contributed by atoms with van der Waals surface area (Å²) in [6, 6.07) is 0. The highest BCUT2D eigenvalue weighted by atomic mass is 31.2. The monoisotopic (exact) mass is 1010 g/mol. The third kappa shape index (κ3) is 55.5. The first kappa shape index (κ1) is 68.2. The molecule has 2 atom stereocenters. The SMILES string of the molecule is CCCCCC/C=C\C/C=C\CCCCCCCCCC(=O)OC(COC(=O)CCCCCCCCCCCCCCCCCCCCC/C=C\CCCCCCCCCC)COP(=O)(O)OCCN. The van der Waals surface area contributed by atoms with Crippen LogP contribution in [-0.2, 0) is 32.7 Å². The Morgan fingerprint density at radius 1 is 0.429 bits per heavy atom. The van der Waals surface area contributed by atoms with Gasteiger partial charge in [-0.15, -0.1) is 0 Å². The third-order valence-electron chi connectivity index (χ3n) is 13.2. The van der Waals surface area contributed by atoms with Crippen molar-refractivity contribution in [2.75, 3.05) is 26.4 Å². The molecule has 0 spiro atoms. The largest absolute Gasteiger partial charge is 0.472 e. The number of carbonyl (C=O) groups is 2. The number of unbranched alkanes of at least 4 members (excludes halogenated alkanes) is 38. The van der Waals surface area contributed by atoms with Crippen LogP contribution in [0.2, 0.25) is 0 Å². The first-order chi connectivity index (χ1) is 34.3. The molecule has 0 radical (unpaired) electrons. The molecule has 0 aromatic carbocycles. The Labute approximate surface area is 433 Å². The lowest BCUT2D eigenvalue weighted by atomic mass is 10.0. The molecule has 70 heavy (non-hydrogen) atoms. The number of rotatable bonds is 57. The number of hydrogen-bond acceptors (Lipinski definition) is 8.